The molecule has 3 amide bonds. The summed E-state index contributed by atoms with van der Waals surface area (Å²) in [4.78, 5) is 46.2. The van der Waals surface area contributed by atoms with Crippen LogP contribution in [-0.4, -0.2) is 92.4 Å². The smallest absolute Gasteiger partial charge is 0.227 e. The van der Waals surface area contributed by atoms with Gasteiger partial charge in [0.2, 0.25) is 17.7 Å². The van der Waals surface area contributed by atoms with E-state index in [0.29, 0.717) is 38.9 Å². The van der Waals surface area contributed by atoms with E-state index in [1.165, 1.54) is 6.26 Å². The lowest BCUT2D eigenvalue weighted by Gasteiger charge is -2.39. The lowest BCUT2D eigenvalue weighted by atomic mass is 9.94. The molecule has 49 heavy (non-hydrogen) atoms. The van der Waals surface area contributed by atoms with E-state index in [1.807, 2.05) is 65.3 Å². The highest BCUT2D eigenvalue weighted by Gasteiger charge is 2.30. The molecular formula is C39H50N4O5S. The molecule has 2 saturated heterocycles. The lowest BCUT2D eigenvalue weighted by Crippen LogP contribution is -2.48. The number of nitrogens with zero attached hydrogens (tertiary/aromatic N) is 3. The number of likely N-dealkylation sites (N-methyl/N-ethyl adjacent to an activating group) is 1. The van der Waals surface area contributed by atoms with Crippen LogP contribution < -0.4 is 5.32 Å². The van der Waals surface area contributed by atoms with Gasteiger partial charge in [-0.05, 0) is 67.9 Å². The van der Waals surface area contributed by atoms with E-state index in [4.69, 9.17) is 0 Å². The van der Waals surface area contributed by atoms with Gasteiger partial charge in [0, 0.05) is 57.5 Å². The molecular weight excluding hydrogens is 637 g/mol. The van der Waals surface area contributed by atoms with Crippen molar-refractivity contribution in [1.82, 2.24) is 20.0 Å². The molecule has 0 saturated carbocycles. The van der Waals surface area contributed by atoms with Crippen LogP contribution in [0, 0.1) is 5.92 Å². The Morgan fingerprint density at radius 3 is 1.98 bits per heavy atom. The Morgan fingerprint density at radius 2 is 1.39 bits per heavy atom. The van der Waals surface area contributed by atoms with Crippen molar-refractivity contribution in [2.45, 2.75) is 68.8 Å². The Morgan fingerprint density at radius 1 is 0.796 bits per heavy atom. The second-order valence-corrected chi connectivity index (χ2v) is 15.4. The van der Waals surface area contributed by atoms with Gasteiger partial charge in [-0.25, -0.2) is 8.42 Å². The second kappa shape index (κ2) is 17.1. The zero-order valence-corrected chi connectivity index (χ0v) is 29.6. The molecule has 0 aliphatic carbocycles. The maximum Gasteiger partial charge on any atom is 0.227 e. The molecule has 5 rings (SSSR count). The van der Waals surface area contributed by atoms with E-state index in [1.54, 1.807) is 24.3 Å². The number of carbonyl (C=O) groups excluding carboxylic acids is 3. The largest absolute Gasteiger partial charge is 0.349 e. The van der Waals surface area contributed by atoms with Crippen molar-refractivity contribution in [2.75, 3.05) is 45.5 Å². The number of benzene rings is 3. The minimum absolute atomic E-state index is 0.0609. The minimum Gasteiger partial charge on any atom is -0.349 e. The number of hydrogen-bond donors (Lipinski definition) is 1. The van der Waals surface area contributed by atoms with Crippen LogP contribution in [0.15, 0.2) is 89.8 Å². The number of rotatable bonds is 13. The zero-order valence-electron chi connectivity index (χ0n) is 28.8. The number of nitrogens with one attached hydrogen (secondary N) is 1. The summed E-state index contributed by atoms with van der Waals surface area (Å²) in [5.41, 5.74) is 2.91. The molecule has 2 aliphatic heterocycles. The fraction of sp³-hybridized carbons (Fsp3) is 0.462. The monoisotopic (exact) mass is 686 g/mol. The Balaban J connectivity index is 1.09. The molecule has 0 aromatic heterocycles. The van der Waals surface area contributed by atoms with E-state index in [2.05, 4.69) is 22.3 Å². The van der Waals surface area contributed by atoms with Gasteiger partial charge >= 0.3 is 0 Å². The minimum atomic E-state index is -3.27. The highest BCUT2D eigenvalue weighted by atomic mass is 32.2. The summed E-state index contributed by atoms with van der Waals surface area (Å²) < 4.78 is 23.6. The predicted octanol–water partition coefficient (Wildman–Crippen LogP) is 4.67. The number of carbonyl (C=O) groups is 3. The van der Waals surface area contributed by atoms with Crippen LogP contribution in [0.25, 0.3) is 0 Å². The van der Waals surface area contributed by atoms with Gasteiger partial charge in [-0.1, -0.05) is 72.8 Å². The van der Waals surface area contributed by atoms with Crippen molar-refractivity contribution in [2.24, 2.45) is 5.92 Å². The van der Waals surface area contributed by atoms with Crippen LogP contribution in [0.2, 0.25) is 0 Å². The van der Waals surface area contributed by atoms with Gasteiger partial charge in [0.05, 0.1) is 23.8 Å². The van der Waals surface area contributed by atoms with Gasteiger partial charge in [-0.2, -0.15) is 0 Å². The summed E-state index contributed by atoms with van der Waals surface area (Å²) >= 11 is 0. The third-order valence-corrected chi connectivity index (χ3v) is 11.2. The fourth-order valence-corrected chi connectivity index (χ4v) is 7.74. The van der Waals surface area contributed by atoms with E-state index in [9.17, 15) is 22.8 Å². The van der Waals surface area contributed by atoms with Gasteiger partial charge < -0.3 is 20.0 Å². The number of sulfone groups is 1. The number of likely N-dealkylation sites (tertiary alicyclic amines) is 2. The SMILES string of the molecule is CCN(C(=O)Cc1ccc(S(C)(=O)=O)cc1)C1CCN(CCC(NC(=O)C2CCN(C(=O)Cc3ccccc3)CC2)c2ccccc2)CC1. The predicted molar refractivity (Wildman–Crippen MR) is 191 cm³/mol. The molecule has 1 unspecified atom stereocenters. The number of amides is 3. The Kier molecular flexibility index (Phi) is 12.6. The van der Waals surface area contributed by atoms with Crippen molar-refractivity contribution in [3.05, 3.63) is 102 Å². The number of piperidine rings is 2. The topological polar surface area (TPSA) is 107 Å². The highest BCUT2D eigenvalue weighted by molar-refractivity contribution is 7.90. The van der Waals surface area contributed by atoms with Gasteiger partial charge in [0.1, 0.15) is 0 Å². The van der Waals surface area contributed by atoms with Gasteiger partial charge in [-0.3, -0.25) is 14.4 Å². The van der Waals surface area contributed by atoms with E-state index < -0.39 is 9.84 Å². The van der Waals surface area contributed by atoms with Crippen LogP contribution in [0.1, 0.15) is 61.8 Å². The first-order chi connectivity index (χ1) is 23.6. The van der Waals surface area contributed by atoms with Gasteiger partial charge in [0.15, 0.2) is 9.84 Å². The summed E-state index contributed by atoms with van der Waals surface area (Å²) in [6, 6.07) is 26.6. The molecule has 2 fully saturated rings. The maximum atomic E-state index is 13.5. The van der Waals surface area contributed by atoms with Gasteiger partial charge in [-0.15, -0.1) is 0 Å². The summed E-state index contributed by atoms with van der Waals surface area (Å²) in [5, 5.41) is 3.36. The first-order valence-electron chi connectivity index (χ1n) is 17.6. The Bertz CT molecular complexity index is 1630. The summed E-state index contributed by atoms with van der Waals surface area (Å²) in [6.07, 6.45) is 5.71. The molecule has 0 radical (unpaired) electrons. The third-order valence-electron chi connectivity index (χ3n) is 10.0. The molecule has 3 aromatic rings. The van der Waals surface area contributed by atoms with Gasteiger partial charge in [0.25, 0.3) is 0 Å². The van der Waals surface area contributed by atoms with Crippen LogP contribution in [0.5, 0.6) is 0 Å². The van der Waals surface area contributed by atoms with Crippen molar-refractivity contribution in [3.8, 4) is 0 Å². The van der Waals surface area contributed by atoms with Crippen LogP contribution in [-0.2, 0) is 37.1 Å². The molecule has 10 heteroatoms. The molecule has 3 aromatic carbocycles. The molecule has 1 N–H and O–H groups in total. The third kappa shape index (κ3) is 10.2. The highest BCUT2D eigenvalue weighted by Crippen LogP contribution is 2.24. The van der Waals surface area contributed by atoms with Crippen molar-refractivity contribution < 1.29 is 22.8 Å². The lowest BCUT2D eigenvalue weighted by molar-refractivity contribution is -0.135. The summed E-state index contributed by atoms with van der Waals surface area (Å²) in [5.74, 6) is 0.124. The fourth-order valence-electron chi connectivity index (χ4n) is 7.11. The molecule has 1 atom stereocenters. The second-order valence-electron chi connectivity index (χ2n) is 13.4. The van der Waals surface area contributed by atoms with E-state index in [-0.39, 0.29) is 47.0 Å². The maximum absolute atomic E-state index is 13.5. The zero-order chi connectivity index (χ0) is 34.8. The van der Waals surface area contributed by atoms with Crippen LogP contribution in [0.3, 0.4) is 0 Å². The first kappa shape index (κ1) is 36.3. The molecule has 0 bridgehead atoms. The first-order valence-corrected chi connectivity index (χ1v) is 19.5. The average Bonchev–Trinajstić information content (AvgIpc) is 3.11. The molecule has 262 valence electrons. The van der Waals surface area contributed by atoms with Crippen molar-refractivity contribution >= 4 is 27.6 Å². The van der Waals surface area contributed by atoms with E-state index in [0.717, 1.165) is 55.6 Å². The average molecular weight is 687 g/mol. The summed E-state index contributed by atoms with van der Waals surface area (Å²) in [7, 11) is -3.27. The number of hydrogen-bond acceptors (Lipinski definition) is 6. The van der Waals surface area contributed by atoms with E-state index >= 15 is 0 Å². The Hall–Kier alpha value is -4.02. The van der Waals surface area contributed by atoms with Crippen molar-refractivity contribution in [3.63, 3.8) is 0 Å². The Labute approximate surface area is 291 Å². The summed E-state index contributed by atoms with van der Waals surface area (Å²) in [6.45, 7) is 6.43. The van der Waals surface area contributed by atoms with Crippen molar-refractivity contribution in [1.29, 1.82) is 0 Å². The standard InChI is InChI=1S/C39H50N4O5S/c1-3-43(38(45)29-31-14-16-35(17-15-31)49(2,47)48)34-20-23-41(24-21-34)25-22-36(32-12-8-5-9-13-32)40-39(46)33-18-26-42(27-19-33)37(44)28-30-10-6-4-7-11-30/h4-17,33-34,36H,3,18-29H2,1-2H3,(H,40,46). The van der Waals surface area contributed by atoms with Crippen LogP contribution in [0.4, 0.5) is 0 Å². The van der Waals surface area contributed by atoms with Crippen LogP contribution >= 0.6 is 0 Å². The molecule has 9 nitrogen and oxygen atoms in total. The molecule has 2 aliphatic rings. The molecule has 2 heterocycles. The molecule has 0 spiro atoms. The normalized spacial score (nSPS) is 17.0. The quantitative estimate of drug-likeness (QED) is 0.280.